The van der Waals surface area contributed by atoms with Gasteiger partial charge in [-0.05, 0) is 45.0 Å². The molecule has 6 nitrogen and oxygen atoms in total. The van der Waals surface area contributed by atoms with Crippen LogP contribution >= 0.6 is 0 Å². The fourth-order valence-electron chi connectivity index (χ4n) is 3.78. The van der Waals surface area contributed by atoms with Crippen molar-refractivity contribution in [2.45, 2.75) is 39.3 Å². The third kappa shape index (κ3) is 2.95. The van der Waals surface area contributed by atoms with Gasteiger partial charge < -0.3 is 10.1 Å². The molecule has 1 N–H and O–H groups in total. The summed E-state index contributed by atoms with van der Waals surface area (Å²) in [7, 11) is 0. The van der Waals surface area contributed by atoms with Crippen LogP contribution in [0.5, 0.6) is 5.75 Å². The number of hydrogen-bond acceptors (Lipinski definition) is 4. The van der Waals surface area contributed by atoms with E-state index in [1.54, 1.807) is 26.0 Å². The van der Waals surface area contributed by atoms with Crippen LogP contribution in [0.3, 0.4) is 0 Å². The number of ether oxygens (including phenoxy) is 1. The Labute approximate surface area is 163 Å². The van der Waals surface area contributed by atoms with Gasteiger partial charge in [-0.15, -0.1) is 0 Å². The highest BCUT2D eigenvalue weighted by Gasteiger charge is 2.37. The Balaban J connectivity index is 1.60. The number of rotatable bonds is 3. The maximum Gasteiger partial charge on any atom is 0.261 e. The van der Waals surface area contributed by atoms with Gasteiger partial charge in [0.1, 0.15) is 5.75 Å². The molecule has 2 aliphatic heterocycles. The average Bonchev–Trinajstić information content (AvgIpc) is 2.92. The van der Waals surface area contributed by atoms with E-state index in [1.165, 1.54) is 11.0 Å². The van der Waals surface area contributed by atoms with Crippen LogP contribution < -0.4 is 10.1 Å². The van der Waals surface area contributed by atoms with Crippen molar-refractivity contribution >= 4 is 17.7 Å². The smallest absolute Gasteiger partial charge is 0.261 e. The van der Waals surface area contributed by atoms with Crippen LogP contribution in [0.2, 0.25) is 0 Å². The molecule has 6 heteroatoms. The summed E-state index contributed by atoms with van der Waals surface area (Å²) in [5.74, 6) is -0.151. The number of amides is 3. The van der Waals surface area contributed by atoms with Gasteiger partial charge in [0.15, 0.2) is 0 Å². The van der Waals surface area contributed by atoms with Gasteiger partial charge in [0.05, 0.1) is 23.8 Å². The lowest BCUT2D eigenvalue weighted by molar-refractivity contribution is 0.0609. The number of hydrogen-bond donors (Lipinski definition) is 1. The second-order valence-electron chi connectivity index (χ2n) is 7.54. The predicted molar refractivity (Wildman–Crippen MR) is 104 cm³/mol. The highest BCUT2D eigenvalue weighted by molar-refractivity contribution is 6.22. The number of imide groups is 1. The van der Waals surface area contributed by atoms with Crippen molar-refractivity contribution in [3.05, 3.63) is 64.2 Å². The molecule has 144 valence electrons. The Hall–Kier alpha value is -3.15. The molecule has 0 spiro atoms. The molecule has 2 heterocycles. The number of fused-ring (bicyclic) bond motifs is 2. The largest absolute Gasteiger partial charge is 0.493 e. The Kier molecular flexibility index (Phi) is 4.41. The molecule has 28 heavy (non-hydrogen) atoms. The number of aryl methyl sites for hydroxylation is 1. The SMILES string of the molecule is Cc1ccc2c(c1)C(NC(=O)c1ccc3c(c1)C(=O)N(C(C)C)C3=O)CCO2. The minimum atomic E-state index is -0.350. The van der Waals surface area contributed by atoms with E-state index in [-0.39, 0.29) is 35.4 Å². The highest BCUT2D eigenvalue weighted by Crippen LogP contribution is 2.33. The topological polar surface area (TPSA) is 75.7 Å². The van der Waals surface area contributed by atoms with Crippen molar-refractivity contribution in [3.8, 4) is 5.75 Å². The quantitative estimate of drug-likeness (QED) is 0.832. The normalized spacial score (nSPS) is 18.0. The fourth-order valence-corrected chi connectivity index (χ4v) is 3.78. The van der Waals surface area contributed by atoms with Crippen LogP contribution in [0, 0.1) is 6.92 Å². The monoisotopic (exact) mass is 378 g/mol. The van der Waals surface area contributed by atoms with Crippen LogP contribution in [0.1, 0.15) is 68.5 Å². The summed E-state index contributed by atoms with van der Waals surface area (Å²) in [4.78, 5) is 39.1. The van der Waals surface area contributed by atoms with Gasteiger partial charge in [0.25, 0.3) is 17.7 Å². The van der Waals surface area contributed by atoms with Gasteiger partial charge >= 0.3 is 0 Å². The molecular formula is C22H22N2O4. The second kappa shape index (κ2) is 6.78. The van der Waals surface area contributed by atoms with E-state index in [0.29, 0.717) is 24.2 Å². The molecule has 2 aromatic rings. The molecule has 1 unspecified atom stereocenters. The molecule has 0 bridgehead atoms. The van der Waals surface area contributed by atoms with Crippen molar-refractivity contribution in [1.29, 1.82) is 0 Å². The maximum atomic E-state index is 12.8. The number of carbonyl (C=O) groups excluding carboxylic acids is 3. The molecule has 0 radical (unpaired) electrons. The first-order valence-corrected chi connectivity index (χ1v) is 9.43. The minimum Gasteiger partial charge on any atom is -0.493 e. The molecule has 0 saturated carbocycles. The third-order valence-electron chi connectivity index (χ3n) is 5.21. The van der Waals surface area contributed by atoms with E-state index < -0.39 is 0 Å². The third-order valence-corrected chi connectivity index (χ3v) is 5.21. The Morgan fingerprint density at radius 3 is 2.61 bits per heavy atom. The van der Waals surface area contributed by atoms with Crippen molar-refractivity contribution in [2.75, 3.05) is 6.61 Å². The number of carbonyl (C=O) groups is 3. The maximum absolute atomic E-state index is 12.8. The zero-order valence-corrected chi connectivity index (χ0v) is 16.1. The lowest BCUT2D eigenvalue weighted by Gasteiger charge is -2.27. The molecule has 3 amide bonds. The van der Waals surface area contributed by atoms with E-state index in [2.05, 4.69) is 5.32 Å². The Bertz CT molecular complexity index is 996. The summed E-state index contributed by atoms with van der Waals surface area (Å²) in [6, 6.07) is 10.2. The van der Waals surface area contributed by atoms with Crippen LogP contribution in [-0.2, 0) is 0 Å². The number of benzene rings is 2. The summed E-state index contributed by atoms with van der Waals surface area (Å²) in [6.45, 7) is 6.11. The molecular weight excluding hydrogens is 356 g/mol. The standard InChI is InChI=1S/C22H22N2O4/c1-12(2)24-21(26)15-6-5-14(11-16(15)22(24)27)20(25)23-18-8-9-28-19-7-4-13(3)10-17(18)19/h4-7,10-12,18H,8-9H2,1-3H3,(H,23,25). The summed E-state index contributed by atoms with van der Waals surface area (Å²) in [5, 5.41) is 3.04. The molecule has 2 aromatic carbocycles. The van der Waals surface area contributed by atoms with Gasteiger partial charge in [-0.2, -0.15) is 0 Å². The van der Waals surface area contributed by atoms with E-state index in [4.69, 9.17) is 4.74 Å². The molecule has 0 fully saturated rings. The number of nitrogens with zero attached hydrogens (tertiary/aromatic N) is 1. The Morgan fingerprint density at radius 2 is 1.86 bits per heavy atom. The second-order valence-corrected chi connectivity index (χ2v) is 7.54. The van der Waals surface area contributed by atoms with Crippen LogP contribution in [0.15, 0.2) is 36.4 Å². The first kappa shape index (κ1) is 18.2. The molecule has 0 aliphatic carbocycles. The summed E-state index contributed by atoms with van der Waals surface area (Å²) >= 11 is 0. The molecule has 0 aromatic heterocycles. The van der Waals surface area contributed by atoms with Gasteiger partial charge in [-0.1, -0.05) is 17.7 Å². The first-order valence-electron chi connectivity index (χ1n) is 9.43. The molecule has 0 saturated heterocycles. The summed E-state index contributed by atoms with van der Waals surface area (Å²) in [6.07, 6.45) is 0.672. The zero-order chi connectivity index (χ0) is 20.0. The summed E-state index contributed by atoms with van der Waals surface area (Å²) < 4.78 is 5.68. The van der Waals surface area contributed by atoms with E-state index >= 15 is 0 Å². The van der Waals surface area contributed by atoms with Gasteiger partial charge in [-0.3, -0.25) is 19.3 Å². The van der Waals surface area contributed by atoms with Crippen molar-refractivity contribution in [3.63, 3.8) is 0 Å². The lowest BCUT2D eigenvalue weighted by Crippen LogP contribution is -2.35. The average molecular weight is 378 g/mol. The minimum absolute atomic E-state index is 0.158. The first-order chi connectivity index (χ1) is 13.4. The summed E-state index contributed by atoms with van der Waals surface area (Å²) in [5.41, 5.74) is 3.06. The van der Waals surface area contributed by atoms with Gasteiger partial charge in [0.2, 0.25) is 0 Å². The molecule has 4 rings (SSSR count). The fraction of sp³-hybridized carbons (Fsp3) is 0.318. The molecule has 1 atom stereocenters. The van der Waals surface area contributed by atoms with Crippen molar-refractivity contribution in [1.82, 2.24) is 10.2 Å². The van der Waals surface area contributed by atoms with Crippen LogP contribution in [-0.4, -0.2) is 35.3 Å². The van der Waals surface area contributed by atoms with Crippen molar-refractivity contribution in [2.24, 2.45) is 0 Å². The Morgan fingerprint density at radius 1 is 1.11 bits per heavy atom. The van der Waals surface area contributed by atoms with Crippen LogP contribution in [0.25, 0.3) is 0 Å². The predicted octanol–water partition coefficient (Wildman–Crippen LogP) is 3.25. The van der Waals surface area contributed by atoms with E-state index in [0.717, 1.165) is 16.9 Å². The molecule has 2 aliphatic rings. The van der Waals surface area contributed by atoms with Gasteiger partial charge in [0, 0.05) is 23.6 Å². The zero-order valence-electron chi connectivity index (χ0n) is 16.1. The lowest BCUT2D eigenvalue weighted by atomic mass is 9.98. The highest BCUT2D eigenvalue weighted by atomic mass is 16.5. The van der Waals surface area contributed by atoms with Crippen molar-refractivity contribution < 1.29 is 19.1 Å². The van der Waals surface area contributed by atoms with Crippen LogP contribution in [0.4, 0.5) is 0 Å². The van der Waals surface area contributed by atoms with Gasteiger partial charge in [-0.25, -0.2) is 0 Å². The van der Waals surface area contributed by atoms with E-state index in [1.807, 2.05) is 25.1 Å². The van der Waals surface area contributed by atoms with E-state index in [9.17, 15) is 14.4 Å². The number of nitrogens with one attached hydrogen (secondary N) is 1.